The van der Waals surface area contributed by atoms with Crippen molar-refractivity contribution in [2.45, 2.75) is 39.2 Å². The van der Waals surface area contributed by atoms with E-state index < -0.39 is 21.5 Å². The molecular formula is C13H22N2O4S. The highest BCUT2D eigenvalue weighted by Crippen LogP contribution is 2.24. The molecule has 0 aromatic carbocycles. The van der Waals surface area contributed by atoms with E-state index in [9.17, 15) is 13.2 Å². The Morgan fingerprint density at radius 1 is 1.35 bits per heavy atom. The maximum absolute atomic E-state index is 11.6. The van der Waals surface area contributed by atoms with E-state index in [1.54, 1.807) is 20.8 Å². The summed E-state index contributed by atoms with van der Waals surface area (Å²) in [6.45, 7) is 5.57. The molecule has 0 radical (unpaired) electrons. The first-order chi connectivity index (χ1) is 9.13. The van der Waals surface area contributed by atoms with Gasteiger partial charge in [-0.1, -0.05) is 0 Å². The van der Waals surface area contributed by atoms with E-state index in [-0.39, 0.29) is 29.9 Å². The zero-order chi connectivity index (χ0) is 15.4. The number of hydrogen-bond donors (Lipinski definition) is 1. The number of hydrogen-bond acceptors (Lipinski definition) is 5. The summed E-state index contributed by atoms with van der Waals surface area (Å²) in [6, 6.07) is 2.15. The van der Waals surface area contributed by atoms with E-state index in [1.165, 1.54) is 0 Å². The molecule has 6 nitrogen and oxygen atoms in total. The summed E-state index contributed by atoms with van der Waals surface area (Å²) < 4.78 is 28.3. The third-order valence-corrected chi connectivity index (χ3v) is 4.90. The van der Waals surface area contributed by atoms with Crippen molar-refractivity contribution >= 4 is 15.9 Å². The predicted octanol–water partition coefficient (Wildman–Crippen LogP) is 1.48. The monoisotopic (exact) mass is 302 g/mol. The van der Waals surface area contributed by atoms with Gasteiger partial charge in [-0.15, -0.1) is 0 Å². The summed E-state index contributed by atoms with van der Waals surface area (Å²) in [4.78, 5) is 11.6. The normalized spacial score (nSPS) is 26.1. The Balaban J connectivity index is 2.57. The van der Waals surface area contributed by atoms with Gasteiger partial charge in [0.1, 0.15) is 15.4 Å². The summed E-state index contributed by atoms with van der Waals surface area (Å²) in [7, 11) is -3.06. The van der Waals surface area contributed by atoms with Crippen LogP contribution in [0.25, 0.3) is 0 Å². The molecule has 7 heteroatoms. The number of ether oxygens (including phenoxy) is 1. The second-order valence-electron chi connectivity index (χ2n) is 6.11. The molecule has 1 aliphatic heterocycles. The lowest BCUT2D eigenvalue weighted by Crippen LogP contribution is -2.36. The van der Waals surface area contributed by atoms with E-state index in [0.29, 0.717) is 12.8 Å². The van der Waals surface area contributed by atoms with Crippen molar-refractivity contribution in [1.29, 1.82) is 5.26 Å². The van der Waals surface area contributed by atoms with Crippen LogP contribution < -0.4 is 5.32 Å². The Morgan fingerprint density at radius 3 is 2.50 bits per heavy atom. The molecule has 0 saturated carbocycles. The number of carbonyl (C=O) groups excluding carboxylic acids is 1. The first-order valence-corrected chi connectivity index (χ1v) is 8.52. The number of nitrogens with one attached hydrogen (secondary N) is 1. The van der Waals surface area contributed by atoms with Crippen LogP contribution >= 0.6 is 0 Å². The molecule has 0 bridgehead atoms. The average molecular weight is 302 g/mol. The summed E-state index contributed by atoms with van der Waals surface area (Å²) in [6.07, 6.45) is 0.192. The van der Waals surface area contributed by atoms with Gasteiger partial charge in [-0.2, -0.15) is 5.26 Å². The van der Waals surface area contributed by atoms with E-state index in [0.717, 1.165) is 0 Å². The van der Waals surface area contributed by atoms with Crippen molar-refractivity contribution in [3.05, 3.63) is 0 Å². The highest BCUT2D eigenvalue weighted by Gasteiger charge is 2.30. The smallest absolute Gasteiger partial charge is 0.407 e. The molecule has 114 valence electrons. The molecule has 1 fully saturated rings. The molecule has 1 amide bonds. The Labute approximate surface area is 120 Å². The standard InChI is InChI=1S/C13H22N2O4S/c1-13(2,3)19-12(16)15-9-11-5-7-20(17,18)6-4-10(11)8-14/h10-11H,4-7,9H2,1-3H3,(H,15,16). The van der Waals surface area contributed by atoms with Gasteiger partial charge in [0.2, 0.25) is 0 Å². The van der Waals surface area contributed by atoms with Crippen LogP contribution in [0.2, 0.25) is 0 Å². The van der Waals surface area contributed by atoms with Crippen LogP contribution in [0.5, 0.6) is 0 Å². The van der Waals surface area contributed by atoms with Crippen molar-refractivity contribution in [3.63, 3.8) is 0 Å². The fraction of sp³-hybridized carbons (Fsp3) is 0.846. The summed E-state index contributed by atoms with van der Waals surface area (Å²) in [5.74, 6) is -0.369. The molecule has 0 spiro atoms. The first-order valence-electron chi connectivity index (χ1n) is 6.70. The summed E-state index contributed by atoms with van der Waals surface area (Å²) >= 11 is 0. The first kappa shape index (κ1) is 16.8. The predicted molar refractivity (Wildman–Crippen MR) is 74.7 cm³/mol. The maximum Gasteiger partial charge on any atom is 0.407 e. The molecule has 1 rings (SSSR count). The molecule has 0 aromatic heterocycles. The van der Waals surface area contributed by atoms with Crippen molar-refractivity contribution < 1.29 is 17.9 Å². The fourth-order valence-corrected chi connectivity index (χ4v) is 3.60. The summed E-state index contributed by atoms with van der Waals surface area (Å²) in [5, 5.41) is 11.7. The van der Waals surface area contributed by atoms with Crippen LogP contribution in [0.1, 0.15) is 33.6 Å². The van der Waals surface area contributed by atoms with E-state index in [2.05, 4.69) is 11.4 Å². The topological polar surface area (TPSA) is 96.3 Å². The van der Waals surface area contributed by atoms with Gasteiger partial charge in [0.15, 0.2) is 0 Å². The average Bonchev–Trinajstić information content (AvgIpc) is 2.43. The minimum atomic E-state index is -3.06. The van der Waals surface area contributed by atoms with Gasteiger partial charge in [-0.3, -0.25) is 0 Å². The Kier molecular flexibility index (Phi) is 5.40. The lowest BCUT2D eigenvalue weighted by atomic mass is 9.89. The highest BCUT2D eigenvalue weighted by molar-refractivity contribution is 7.91. The third kappa shape index (κ3) is 5.78. The van der Waals surface area contributed by atoms with Crippen LogP contribution in [-0.4, -0.2) is 38.2 Å². The zero-order valence-corrected chi connectivity index (χ0v) is 13.0. The van der Waals surface area contributed by atoms with Crippen molar-refractivity contribution in [2.75, 3.05) is 18.1 Å². The van der Waals surface area contributed by atoms with Crippen molar-refractivity contribution in [3.8, 4) is 6.07 Å². The number of amides is 1. The molecule has 1 saturated heterocycles. The number of nitriles is 1. The SMILES string of the molecule is CC(C)(C)OC(=O)NCC1CCS(=O)(=O)CCC1C#N. The Bertz CT molecular complexity index is 487. The number of sulfone groups is 1. The number of nitrogens with zero attached hydrogens (tertiary/aromatic N) is 1. The number of carbonyl (C=O) groups is 1. The molecule has 1 aliphatic rings. The van der Waals surface area contributed by atoms with Crippen LogP contribution in [0.4, 0.5) is 4.79 Å². The lowest BCUT2D eigenvalue weighted by Gasteiger charge is -2.22. The maximum atomic E-state index is 11.6. The number of rotatable bonds is 2. The second kappa shape index (κ2) is 6.44. The Morgan fingerprint density at radius 2 is 1.95 bits per heavy atom. The molecule has 2 unspecified atom stereocenters. The van der Waals surface area contributed by atoms with Crippen LogP contribution in [0.15, 0.2) is 0 Å². The molecule has 0 aromatic rings. The zero-order valence-electron chi connectivity index (χ0n) is 12.2. The van der Waals surface area contributed by atoms with Gasteiger partial charge < -0.3 is 10.1 Å². The fourth-order valence-electron chi connectivity index (χ4n) is 2.12. The molecular weight excluding hydrogens is 280 g/mol. The van der Waals surface area contributed by atoms with E-state index >= 15 is 0 Å². The van der Waals surface area contributed by atoms with Crippen LogP contribution in [-0.2, 0) is 14.6 Å². The minimum absolute atomic E-state index is 0.0498. The molecule has 20 heavy (non-hydrogen) atoms. The van der Waals surface area contributed by atoms with E-state index in [4.69, 9.17) is 10.00 Å². The largest absolute Gasteiger partial charge is 0.444 e. The quantitative estimate of drug-likeness (QED) is 0.833. The van der Waals surface area contributed by atoms with Gasteiger partial charge in [0.25, 0.3) is 0 Å². The van der Waals surface area contributed by atoms with Gasteiger partial charge in [0.05, 0.1) is 23.5 Å². The van der Waals surface area contributed by atoms with Gasteiger partial charge >= 0.3 is 6.09 Å². The van der Waals surface area contributed by atoms with Crippen molar-refractivity contribution in [2.24, 2.45) is 11.8 Å². The van der Waals surface area contributed by atoms with Crippen molar-refractivity contribution in [1.82, 2.24) is 5.32 Å². The minimum Gasteiger partial charge on any atom is -0.444 e. The highest BCUT2D eigenvalue weighted by atomic mass is 32.2. The number of alkyl carbamates (subject to hydrolysis) is 1. The van der Waals surface area contributed by atoms with E-state index in [1.807, 2.05) is 0 Å². The van der Waals surface area contributed by atoms with Gasteiger partial charge in [-0.05, 0) is 39.5 Å². The summed E-state index contributed by atoms with van der Waals surface area (Å²) in [5.41, 5.74) is -0.578. The molecule has 1 N–H and O–H groups in total. The molecule has 2 atom stereocenters. The second-order valence-corrected chi connectivity index (χ2v) is 8.41. The van der Waals surface area contributed by atoms with Gasteiger partial charge in [-0.25, -0.2) is 13.2 Å². The van der Waals surface area contributed by atoms with Crippen LogP contribution in [0.3, 0.4) is 0 Å². The van der Waals surface area contributed by atoms with Gasteiger partial charge in [0, 0.05) is 6.54 Å². The third-order valence-electron chi connectivity index (χ3n) is 3.18. The van der Waals surface area contributed by atoms with Crippen LogP contribution in [0, 0.1) is 23.2 Å². The lowest BCUT2D eigenvalue weighted by molar-refractivity contribution is 0.0515. The molecule has 1 heterocycles. The Hall–Kier alpha value is -1.29. The molecule has 0 aliphatic carbocycles.